The van der Waals surface area contributed by atoms with Crippen molar-refractivity contribution in [1.29, 1.82) is 0 Å². The Morgan fingerprint density at radius 2 is 2.14 bits per heavy atom. The van der Waals surface area contributed by atoms with Crippen LogP contribution < -0.4 is 4.74 Å². The Morgan fingerprint density at radius 1 is 1.29 bits per heavy atom. The van der Waals surface area contributed by atoms with Gasteiger partial charge in [0.2, 0.25) is 5.89 Å². The third kappa shape index (κ3) is 3.70. The second kappa shape index (κ2) is 7.23. The monoisotopic (exact) mass is 387 g/mol. The lowest BCUT2D eigenvalue weighted by atomic mass is 10.1. The number of ether oxygens (including phenoxy) is 1. The first kappa shape index (κ1) is 18.4. The van der Waals surface area contributed by atoms with Gasteiger partial charge < -0.3 is 9.15 Å². The molecule has 0 bridgehead atoms. The summed E-state index contributed by atoms with van der Waals surface area (Å²) in [6.07, 6.45) is 4.14. The minimum Gasteiger partial charge on any atom is -0.496 e. The van der Waals surface area contributed by atoms with Gasteiger partial charge in [-0.2, -0.15) is 0 Å². The highest BCUT2D eigenvalue weighted by Crippen LogP contribution is 2.41. The van der Waals surface area contributed by atoms with Crippen LogP contribution in [0.3, 0.4) is 0 Å². The third-order valence-electron chi connectivity index (χ3n) is 4.72. The van der Waals surface area contributed by atoms with Crippen LogP contribution in [0.15, 0.2) is 41.2 Å². The van der Waals surface area contributed by atoms with Crippen molar-refractivity contribution < 1.29 is 17.9 Å². The summed E-state index contributed by atoms with van der Waals surface area (Å²) in [5, 5.41) is 7.95. The Morgan fingerprint density at radius 3 is 2.86 bits per heavy atom. The molecule has 28 heavy (non-hydrogen) atoms. The van der Waals surface area contributed by atoms with Gasteiger partial charge in [0.25, 0.3) is 11.8 Å². The van der Waals surface area contributed by atoms with Crippen molar-refractivity contribution >= 4 is 0 Å². The van der Waals surface area contributed by atoms with Gasteiger partial charge in [0, 0.05) is 25.4 Å². The van der Waals surface area contributed by atoms with Crippen LogP contribution in [0.4, 0.5) is 8.78 Å². The molecule has 2 aromatic heterocycles. The number of likely N-dealkylation sites (tertiary alicyclic amines) is 1. The number of nitrogens with zero attached hydrogens (tertiary/aromatic N) is 5. The fraction of sp³-hybridized carbons (Fsp3) is 0.368. The molecule has 1 fully saturated rings. The summed E-state index contributed by atoms with van der Waals surface area (Å²) < 4.78 is 39.3. The zero-order valence-corrected chi connectivity index (χ0v) is 15.5. The lowest BCUT2D eigenvalue weighted by Gasteiger charge is -2.21. The Bertz CT molecular complexity index is 964. The van der Waals surface area contributed by atoms with Gasteiger partial charge in [0.15, 0.2) is 0 Å². The minimum absolute atomic E-state index is 0.156. The van der Waals surface area contributed by atoms with Crippen LogP contribution in [0, 0.1) is 6.92 Å². The number of rotatable bonds is 5. The average Bonchev–Trinajstić information content (AvgIpc) is 3.27. The zero-order chi connectivity index (χ0) is 19.7. The maximum atomic E-state index is 14.2. The van der Waals surface area contributed by atoms with E-state index in [1.807, 2.05) is 25.1 Å². The summed E-state index contributed by atoms with van der Waals surface area (Å²) in [6, 6.07) is 4.98. The van der Waals surface area contributed by atoms with Crippen LogP contribution in [0.1, 0.15) is 29.5 Å². The molecule has 3 heterocycles. The van der Waals surface area contributed by atoms with Crippen molar-refractivity contribution in [1.82, 2.24) is 25.1 Å². The second-order valence-electron chi connectivity index (χ2n) is 6.82. The Kier molecular flexibility index (Phi) is 4.76. The molecular weight excluding hydrogens is 368 g/mol. The Hall–Kier alpha value is -2.94. The van der Waals surface area contributed by atoms with Gasteiger partial charge in [-0.3, -0.25) is 9.88 Å². The van der Waals surface area contributed by atoms with Gasteiger partial charge in [0.1, 0.15) is 11.4 Å². The maximum absolute atomic E-state index is 14.2. The van der Waals surface area contributed by atoms with Gasteiger partial charge in [-0.25, -0.2) is 13.8 Å². The third-order valence-corrected chi connectivity index (χ3v) is 4.72. The van der Waals surface area contributed by atoms with E-state index in [1.165, 1.54) is 18.6 Å². The molecule has 7 nitrogen and oxygen atoms in total. The zero-order valence-electron chi connectivity index (χ0n) is 15.5. The molecule has 146 valence electrons. The normalized spacial score (nSPS) is 19.1. The van der Waals surface area contributed by atoms with E-state index < -0.39 is 12.0 Å². The number of hydrogen-bond donors (Lipinski definition) is 0. The fourth-order valence-corrected chi connectivity index (χ4v) is 3.45. The highest BCUT2D eigenvalue weighted by Gasteiger charge is 2.47. The summed E-state index contributed by atoms with van der Waals surface area (Å²) in [6.45, 7) is 1.89. The summed E-state index contributed by atoms with van der Waals surface area (Å²) >= 11 is 0. The van der Waals surface area contributed by atoms with Crippen molar-refractivity contribution in [2.45, 2.75) is 31.9 Å². The molecule has 1 atom stereocenters. The molecule has 0 aliphatic carbocycles. The topological polar surface area (TPSA) is 77.2 Å². The average molecular weight is 387 g/mol. The summed E-state index contributed by atoms with van der Waals surface area (Å²) in [5.74, 6) is -1.74. The van der Waals surface area contributed by atoms with E-state index in [9.17, 15) is 8.78 Å². The predicted octanol–water partition coefficient (Wildman–Crippen LogP) is 3.43. The molecule has 9 heteroatoms. The van der Waals surface area contributed by atoms with E-state index in [4.69, 9.17) is 9.15 Å². The van der Waals surface area contributed by atoms with Crippen molar-refractivity contribution in [3.8, 4) is 17.3 Å². The van der Waals surface area contributed by atoms with Crippen molar-refractivity contribution in [2.75, 3.05) is 13.7 Å². The van der Waals surface area contributed by atoms with Crippen LogP contribution in [0.25, 0.3) is 11.6 Å². The quantitative estimate of drug-likeness (QED) is 0.664. The van der Waals surface area contributed by atoms with Crippen LogP contribution in [0.2, 0.25) is 0 Å². The van der Waals surface area contributed by atoms with Gasteiger partial charge in [-0.05, 0) is 24.1 Å². The first-order valence-electron chi connectivity index (χ1n) is 8.80. The molecule has 0 saturated carbocycles. The number of methoxy groups -OCH3 is 1. The maximum Gasteiger partial charge on any atom is 0.267 e. The summed E-state index contributed by atoms with van der Waals surface area (Å²) in [5.41, 5.74) is 2.27. The van der Waals surface area contributed by atoms with Crippen molar-refractivity contribution in [3.05, 3.63) is 53.8 Å². The molecule has 1 aromatic carbocycles. The molecule has 1 saturated heterocycles. The number of hydrogen-bond acceptors (Lipinski definition) is 7. The van der Waals surface area contributed by atoms with Gasteiger partial charge >= 0.3 is 0 Å². The summed E-state index contributed by atoms with van der Waals surface area (Å²) in [4.78, 5) is 9.71. The highest BCUT2D eigenvalue weighted by atomic mass is 19.3. The van der Waals surface area contributed by atoms with E-state index in [-0.39, 0.29) is 24.7 Å². The first-order chi connectivity index (χ1) is 13.4. The second-order valence-corrected chi connectivity index (χ2v) is 6.82. The molecule has 0 unspecified atom stereocenters. The SMILES string of the molecule is COc1ccc(CN2CC(F)(F)C[C@H]2c2nnc(-c3cnccn3)o2)cc1C. The Balaban J connectivity index is 1.58. The molecule has 3 aromatic rings. The van der Waals surface area contributed by atoms with E-state index >= 15 is 0 Å². The van der Waals surface area contributed by atoms with Crippen LogP contribution >= 0.6 is 0 Å². The van der Waals surface area contributed by atoms with E-state index in [1.54, 1.807) is 12.0 Å². The molecule has 1 aliphatic rings. The number of aryl methyl sites for hydroxylation is 1. The van der Waals surface area contributed by atoms with Gasteiger partial charge in [-0.1, -0.05) is 12.1 Å². The first-order valence-corrected chi connectivity index (χ1v) is 8.80. The number of benzene rings is 1. The largest absolute Gasteiger partial charge is 0.496 e. The number of alkyl halides is 2. The van der Waals surface area contributed by atoms with Crippen molar-refractivity contribution in [3.63, 3.8) is 0 Å². The van der Waals surface area contributed by atoms with E-state index in [0.29, 0.717) is 12.2 Å². The van der Waals surface area contributed by atoms with E-state index in [2.05, 4.69) is 20.2 Å². The Labute approximate surface area is 160 Å². The van der Waals surface area contributed by atoms with Gasteiger partial charge in [0.05, 0.1) is 25.9 Å². The summed E-state index contributed by atoms with van der Waals surface area (Å²) in [7, 11) is 1.60. The smallest absolute Gasteiger partial charge is 0.267 e. The van der Waals surface area contributed by atoms with E-state index in [0.717, 1.165) is 16.9 Å². The molecule has 1 aliphatic heterocycles. The number of aromatic nitrogens is 4. The number of halogens is 2. The lowest BCUT2D eigenvalue weighted by molar-refractivity contribution is 0.0112. The van der Waals surface area contributed by atoms with Gasteiger partial charge in [-0.15, -0.1) is 10.2 Å². The van der Waals surface area contributed by atoms with Crippen LogP contribution in [-0.2, 0) is 6.54 Å². The highest BCUT2D eigenvalue weighted by molar-refractivity contribution is 5.43. The molecule has 0 amide bonds. The molecular formula is C19H19F2N5O2. The molecule has 0 spiro atoms. The van der Waals surface area contributed by atoms with Crippen LogP contribution in [0.5, 0.6) is 5.75 Å². The molecule has 4 rings (SSSR count). The van der Waals surface area contributed by atoms with Crippen molar-refractivity contribution in [2.24, 2.45) is 0 Å². The lowest BCUT2D eigenvalue weighted by Crippen LogP contribution is -2.26. The molecule has 0 radical (unpaired) electrons. The standard InChI is InChI=1S/C19H19F2N5O2/c1-12-7-13(3-4-16(12)27-2)10-26-11-19(20,21)8-15(26)18-25-24-17(28-18)14-9-22-5-6-23-14/h3-7,9,15H,8,10-11H2,1-2H3/t15-/m0/s1. The molecule has 0 N–H and O–H groups in total. The van der Waals surface area contributed by atoms with Crippen LogP contribution in [-0.4, -0.2) is 44.6 Å². The predicted molar refractivity (Wildman–Crippen MR) is 95.8 cm³/mol. The fourth-order valence-electron chi connectivity index (χ4n) is 3.45. The minimum atomic E-state index is -2.83.